The van der Waals surface area contributed by atoms with E-state index < -0.39 is 0 Å². The van der Waals surface area contributed by atoms with E-state index in [1.165, 1.54) is 23.9 Å². The predicted octanol–water partition coefficient (Wildman–Crippen LogP) is 5.85. The van der Waals surface area contributed by atoms with Crippen LogP contribution in [0, 0.1) is 11.2 Å². The molecule has 0 aliphatic heterocycles. The molecule has 0 saturated carbocycles. The van der Waals surface area contributed by atoms with E-state index in [0.29, 0.717) is 33.6 Å². The van der Waals surface area contributed by atoms with Crippen molar-refractivity contribution >= 4 is 41.2 Å². The first-order valence-electron chi connectivity index (χ1n) is 7.32. The third kappa shape index (κ3) is 6.26. The van der Waals surface area contributed by atoms with Gasteiger partial charge in [0.05, 0.1) is 0 Å². The number of nitrogens with one attached hydrogen (secondary N) is 1. The molecule has 24 heavy (non-hydrogen) atoms. The van der Waals surface area contributed by atoms with Crippen LogP contribution in [0.5, 0.6) is 11.5 Å². The molecule has 0 atom stereocenters. The minimum atomic E-state index is -0.333. The zero-order valence-corrected chi connectivity index (χ0v) is 15.9. The Morgan fingerprint density at radius 3 is 2.46 bits per heavy atom. The number of hydrogen-bond acceptors (Lipinski definition) is 4. The molecule has 0 aliphatic carbocycles. The molecule has 0 unspecified atom stereocenters. The highest BCUT2D eigenvalue weighted by molar-refractivity contribution is 8.13. The fraction of sp³-hybridized carbons (Fsp3) is 0.235. The van der Waals surface area contributed by atoms with Gasteiger partial charge >= 0.3 is 0 Å². The lowest BCUT2D eigenvalue weighted by Gasteiger charge is -2.14. The quantitative estimate of drug-likeness (QED) is 0.343. The molecule has 7 heteroatoms. The van der Waals surface area contributed by atoms with Gasteiger partial charge in [-0.1, -0.05) is 37.2 Å². The Kier molecular flexibility index (Phi) is 9.03. The topological polar surface area (TPSA) is 59.1 Å². The number of rotatable bonds is 5. The van der Waals surface area contributed by atoms with E-state index in [1.54, 1.807) is 24.3 Å². The molecule has 0 aliphatic rings. The lowest BCUT2D eigenvalue weighted by Crippen LogP contribution is -2.04. The summed E-state index contributed by atoms with van der Waals surface area (Å²) in [5.41, 5.74) is 6.83. The SMILES string of the molecule is CC.N=C(N)SCc1cc(Cl)ccc1Oc1ccc(F)cc1CS. The highest BCUT2D eigenvalue weighted by atomic mass is 35.5. The third-order valence-electron chi connectivity index (χ3n) is 2.82. The van der Waals surface area contributed by atoms with Gasteiger partial charge in [-0.3, -0.25) is 5.41 Å². The lowest BCUT2D eigenvalue weighted by molar-refractivity contribution is 0.472. The van der Waals surface area contributed by atoms with Crippen LogP contribution in [-0.4, -0.2) is 5.17 Å². The normalized spacial score (nSPS) is 9.88. The maximum atomic E-state index is 13.3. The maximum Gasteiger partial charge on any atom is 0.151 e. The van der Waals surface area contributed by atoms with E-state index >= 15 is 0 Å². The highest BCUT2D eigenvalue weighted by Gasteiger charge is 2.10. The average molecular weight is 387 g/mol. The van der Waals surface area contributed by atoms with E-state index in [-0.39, 0.29) is 11.0 Å². The number of halogens is 2. The average Bonchev–Trinajstić information content (AvgIpc) is 2.58. The predicted molar refractivity (Wildman–Crippen MR) is 105 cm³/mol. The minimum absolute atomic E-state index is 0.0174. The number of thioether (sulfide) groups is 1. The first-order valence-corrected chi connectivity index (χ1v) is 9.31. The Labute approximate surface area is 156 Å². The number of amidine groups is 1. The van der Waals surface area contributed by atoms with Gasteiger partial charge in [-0.05, 0) is 36.4 Å². The van der Waals surface area contributed by atoms with Gasteiger partial charge in [0.25, 0.3) is 0 Å². The summed E-state index contributed by atoms with van der Waals surface area (Å²) in [4.78, 5) is 0. The first-order chi connectivity index (χ1) is 11.5. The summed E-state index contributed by atoms with van der Waals surface area (Å²) in [6.07, 6.45) is 0. The lowest BCUT2D eigenvalue weighted by atomic mass is 10.2. The Morgan fingerprint density at radius 2 is 1.83 bits per heavy atom. The molecule has 0 saturated heterocycles. The van der Waals surface area contributed by atoms with Gasteiger partial charge in [0, 0.05) is 27.7 Å². The third-order valence-corrected chi connectivity index (χ3v) is 4.16. The molecule has 2 rings (SSSR count). The number of hydrogen-bond donors (Lipinski definition) is 3. The molecule has 0 spiro atoms. The fourth-order valence-electron chi connectivity index (χ4n) is 1.81. The van der Waals surface area contributed by atoms with Crippen molar-refractivity contribution in [2.75, 3.05) is 0 Å². The van der Waals surface area contributed by atoms with Crippen LogP contribution >= 0.6 is 36.0 Å². The van der Waals surface area contributed by atoms with Gasteiger partial charge in [0.2, 0.25) is 0 Å². The van der Waals surface area contributed by atoms with Crippen molar-refractivity contribution in [3.63, 3.8) is 0 Å². The second-order valence-electron chi connectivity index (χ2n) is 4.42. The standard InChI is InChI=1S/C15H14ClFN2OS2.C2H6/c16-11-1-3-14(10(5-11)8-22-15(18)19)20-13-4-2-12(17)6-9(13)7-21;1-2/h1-6,21H,7-8H2,(H3,18,19);1-2H3. The molecule has 3 nitrogen and oxygen atoms in total. The Bertz CT molecular complexity index is 698. The largest absolute Gasteiger partial charge is 0.457 e. The van der Waals surface area contributed by atoms with E-state index in [2.05, 4.69) is 12.6 Å². The molecule has 0 radical (unpaired) electrons. The number of ether oxygens (including phenoxy) is 1. The summed E-state index contributed by atoms with van der Waals surface area (Å²) in [5.74, 6) is 1.61. The van der Waals surface area contributed by atoms with Crippen LogP contribution in [-0.2, 0) is 11.5 Å². The molecule has 0 bridgehead atoms. The van der Waals surface area contributed by atoms with Gasteiger partial charge < -0.3 is 10.5 Å². The van der Waals surface area contributed by atoms with Gasteiger partial charge in [-0.15, -0.1) is 0 Å². The van der Waals surface area contributed by atoms with E-state index in [9.17, 15) is 4.39 Å². The zero-order chi connectivity index (χ0) is 18.1. The highest BCUT2D eigenvalue weighted by Crippen LogP contribution is 2.33. The smallest absolute Gasteiger partial charge is 0.151 e. The van der Waals surface area contributed by atoms with Gasteiger partial charge in [-0.2, -0.15) is 12.6 Å². The number of nitrogens with two attached hydrogens (primary N) is 1. The van der Waals surface area contributed by atoms with Crippen molar-refractivity contribution in [2.45, 2.75) is 25.4 Å². The molecule has 2 aromatic carbocycles. The molecule has 130 valence electrons. The summed E-state index contributed by atoms with van der Waals surface area (Å²) in [6, 6.07) is 9.51. The summed E-state index contributed by atoms with van der Waals surface area (Å²) in [5, 5.41) is 7.88. The van der Waals surface area contributed by atoms with Crippen molar-refractivity contribution in [3.8, 4) is 11.5 Å². The van der Waals surface area contributed by atoms with Gasteiger partial charge in [0.1, 0.15) is 17.3 Å². The minimum Gasteiger partial charge on any atom is -0.457 e. The van der Waals surface area contributed by atoms with E-state index in [4.69, 9.17) is 27.5 Å². The molecule has 0 heterocycles. The first kappa shape index (κ1) is 20.7. The van der Waals surface area contributed by atoms with Crippen molar-refractivity contribution in [1.82, 2.24) is 0 Å². The Morgan fingerprint density at radius 1 is 1.21 bits per heavy atom. The van der Waals surface area contributed by atoms with Crippen LogP contribution < -0.4 is 10.5 Å². The summed E-state index contributed by atoms with van der Waals surface area (Å²) < 4.78 is 19.1. The molecule has 0 amide bonds. The summed E-state index contributed by atoms with van der Waals surface area (Å²) >= 11 is 11.4. The molecular formula is C17H20ClFN2OS2. The van der Waals surface area contributed by atoms with Crippen LogP contribution in [0.3, 0.4) is 0 Å². The van der Waals surface area contributed by atoms with Crippen molar-refractivity contribution in [1.29, 1.82) is 5.41 Å². The number of thiol groups is 1. The second kappa shape index (κ2) is 10.5. The van der Waals surface area contributed by atoms with Crippen molar-refractivity contribution in [2.24, 2.45) is 5.73 Å². The van der Waals surface area contributed by atoms with Gasteiger partial charge in [-0.25, -0.2) is 4.39 Å². The number of benzene rings is 2. The monoisotopic (exact) mass is 386 g/mol. The Balaban J connectivity index is 0.00000139. The van der Waals surface area contributed by atoms with Crippen LogP contribution in [0.2, 0.25) is 5.02 Å². The summed E-state index contributed by atoms with van der Waals surface area (Å²) in [7, 11) is 0. The van der Waals surface area contributed by atoms with Gasteiger partial charge in [0.15, 0.2) is 5.17 Å². The zero-order valence-electron chi connectivity index (χ0n) is 13.5. The van der Waals surface area contributed by atoms with Crippen LogP contribution in [0.15, 0.2) is 36.4 Å². The molecule has 2 aromatic rings. The van der Waals surface area contributed by atoms with Crippen LogP contribution in [0.4, 0.5) is 4.39 Å². The van der Waals surface area contributed by atoms with Crippen molar-refractivity contribution < 1.29 is 9.13 Å². The van der Waals surface area contributed by atoms with Crippen LogP contribution in [0.1, 0.15) is 25.0 Å². The van der Waals surface area contributed by atoms with Crippen LogP contribution in [0.25, 0.3) is 0 Å². The van der Waals surface area contributed by atoms with Crippen molar-refractivity contribution in [3.05, 3.63) is 58.4 Å². The molecule has 3 N–H and O–H groups in total. The fourth-order valence-corrected chi connectivity index (χ4v) is 2.78. The van der Waals surface area contributed by atoms with E-state index in [1.807, 2.05) is 13.8 Å². The van der Waals surface area contributed by atoms with E-state index in [0.717, 1.165) is 5.56 Å². The summed E-state index contributed by atoms with van der Waals surface area (Å²) in [6.45, 7) is 4.00. The maximum absolute atomic E-state index is 13.3. The molecular weight excluding hydrogens is 367 g/mol. The molecule has 0 fully saturated rings. The molecule has 0 aromatic heterocycles. The Hall–Kier alpha value is -1.37. The second-order valence-corrected chi connectivity index (χ2v) is 6.19.